The molecule has 8 nitrogen and oxygen atoms in total. The summed E-state index contributed by atoms with van der Waals surface area (Å²) in [6, 6.07) is 12.2. The minimum Gasteiger partial charge on any atom is -0.496 e. The molecule has 2 heterocycles. The zero-order valence-electron chi connectivity index (χ0n) is 15.1. The van der Waals surface area contributed by atoms with E-state index in [2.05, 4.69) is 50.8 Å². The van der Waals surface area contributed by atoms with Crippen molar-refractivity contribution in [2.45, 2.75) is 13.8 Å². The lowest BCUT2D eigenvalue weighted by Gasteiger charge is -2.07. The third kappa shape index (κ3) is 3.50. The van der Waals surface area contributed by atoms with E-state index in [-0.39, 0.29) is 0 Å². The first-order chi connectivity index (χ1) is 13.1. The Labute approximate surface area is 155 Å². The Balaban J connectivity index is 1.61. The first-order valence-corrected chi connectivity index (χ1v) is 8.36. The average Bonchev–Trinajstić information content (AvgIpc) is 3.32. The lowest BCUT2D eigenvalue weighted by atomic mass is 10.1. The summed E-state index contributed by atoms with van der Waals surface area (Å²) >= 11 is 0. The van der Waals surface area contributed by atoms with Gasteiger partial charge in [0.1, 0.15) is 5.75 Å². The third-order valence-electron chi connectivity index (χ3n) is 4.05. The van der Waals surface area contributed by atoms with Crippen molar-refractivity contribution in [2.24, 2.45) is 0 Å². The van der Waals surface area contributed by atoms with Crippen molar-refractivity contribution in [3.05, 3.63) is 53.7 Å². The van der Waals surface area contributed by atoms with E-state index in [1.165, 1.54) is 11.1 Å². The topological polar surface area (TPSA) is 102 Å². The number of aryl methyl sites for hydroxylation is 2. The number of methoxy groups -OCH3 is 1. The molecule has 4 rings (SSSR count). The molecule has 4 aromatic rings. The molecule has 0 radical (unpaired) electrons. The van der Waals surface area contributed by atoms with Crippen LogP contribution in [0.5, 0.6) is 5.75 Å². The summed E-state index contributed by atoms with van der Waals surface area (Å²) in [7, 11) is 1.59. The van der Waals surface area contributed by atoms with E-state index in [0.29, 0.717) is 23.3 Å². The van der Waals surface area contributed by atoms with E-state index in [1.807, 2.05) is 30.3 Å². The zero-order chi connectivity index (χ0) is 18.8. The standard InChI is InChI=1S/C19H18N6O2/c1-11-6-12(2)8-14(7-11)21-19-20-10-17(27-19)13-4-5-15(16(9-13)26-3)18-22-24-25-23-18/h4-10H,1-3H3,(H,20,21)(H,22,23,24,25). The fourth-order valence-electron chi connectivity index (χ4n) is 2.94. The largest absolute Gasteiger partial charge is 0.496 e. The van der Waals surface area contributed by atoms with Gasteiger partial charge in [-0.1, -0.05) is 12.1 Å². The van der Waals surface area contributed by atoms with Crippen LogP contribution in [0.3, 0.4) is 0 Å². The van der Waals surface area contributed by atoms with Gasteiger partial charge in [0.15, 0.2) is 5.76 Å². The summed E-state index contributed by atoms with van der Waals surface area (Å²) in [6.07, 6.45) is 1.67. The molecule has 0 saturated carbocycles. The maximum absolute atomic E-state index is 5.86. The molecule has 8 heteroatoms. The van der Waals surface area contributed by atoms with Gasteiger partial charge in [-0.2, -0.15) is 5.21 Å². The Hall–Kier alpha value is -3.68. The number of nitrogens with zero attached hydrogens (tertiary/aromatic N) is 4. The molecule has 2 aromatic carbocycles. The van der Waals surface area contributed by atoms with E-state index in [0.717, 1.165) is 16.8 Å². The fraction of sp³-hybridized carbons (Fsp3) is 0.158. The average molecular weight is 362 g/mol. The Morgan fingerprint density at radius 2 is 1.89 bits per heavy atom. The molecule has 0 saturated heterocycles. The van der Waals surface area contributed by atoms with Gasteiger partial charge in [0.25, 0.3) is 6.01 Å². The molecule has 27 heavy (non-hydrogen) atoms. The molecule has 0 aliphatic rings. The molecule has 0 aliphatic heterocycles. The molecule has 0 spiro atoms. The van der Waals surface area contributed by atoms with Crippen LogP contribution in [0.4, 0.5) is 11.7 Å². The zero-order valence-corrected chi connectivity index (χ0v) is 15.1. The smallest absolute Gasteiger partial charge is 0.299 e. The summed E-state index contributed by atoms with van der Waals surface area (Å²) in [6.45, 7) is 4.10. The van der Waals surface area contributed by atoms with E-state index in [9.17, 15) is 0 Å². The van der Waals surface area contributed by atoms with Crippen molar-refractivity contribution >= 4 is 11.7 Å². The number of rotatable bonds is 5. The number of H-pyrrole nitrogens is 1. The van der Waals surface area contributed by atoms with E-state index >= 15 is 0 Å². The quantitative estimate of drug-likeness (QED) is 0.555. The van der Waals surface area contributed by atoms with Crippen LogP contribution >= 0.6 is 0 Å². The number of aromatic amines is 1. The van der Waals surface area contributed by atoms with Gasteiger partial charge in [-0.3, -0.25) is 0 Å². The summed E-state index contributed by atoms with van der Waals surface area (Å²) in [5.41, 5.74) is 4.85. The predicted octanol–water partition coefficient (Wildman–Crippen LogP) is 3.89. The van der Waals surface area contributed by atoms with Crippen molar-refractivity contribution in [3.63, 3.8) is 0 Å². The molecule has 0 aliphatic carbocycles. The number of aromatic nitrogens is 5. The Kier molecular flexibility index (Phi) is 4.29. The van der Waals surface area contributed by atoms with Crippen LogP contribution in [0.15, 0.2) is 47.0 Å². The molecular weight excluding hydrogens is 344 g/mol. The second-order valence-corrected chi connectivity index (χ2v) is 6.18. The number of oxazole rings is 1. The number of benzene rings is 2. The molecular formula is C19H18N6O2. The normalized spacial score (nSPS) is 10.8. The Bertz CT molecular complexity index is 1050. The SMILES string of the molecule is COc1cc(-c2cnc(Nc3cc(C)cc(C)c3)o2)ccc1-c1nn[nH]n1. The van der Waals surface area contributed by atoms with Crippen LogP contribution in [-0.4, -0.2) is 32.7 Å². The van der Waals surface area contributed by atoms with Gasteiger partial charge in [-0.25, -0.2) is 4.98 Å². The second kappa shape index (κ2) is 6.91. The van der Waals surface area contributed by atoms with Crippen molar-refractivity contribution in [1.29, 1.82) is 0 Å². The molecule has 0 unspecified atom stereocenters. The summed E-state index contributed by atoms with van der Waals surface area (Å²) in [5.74, 6) is 1.71. The minimum absolute atomic E-state index is 0.427. The van der Waals surface area contributed by atoms with Crippen molar-refractivity contribution in [3.8, 4) is 28.5 Å². The number of anilines is 2. The van der Waals surface area contributed by atoms with Gasteiger partial charge < -0.3 is 14.5 Å². The Morgan fingerprint density at radius 3 is 2.59 bits per heavy atom. The van der Waals surface area contributed by atoms with Crippen LogP contribution in [0, 0.1) is 13.8 Å². The van der Waals surface area contributed by atoms with Gasteiger partial charge >= 0.3 is 0 Å². The number of ether oxygens (including phenoxy) is 1. The van der Waals surface area contributed by atoms with E-state index in [1.54, 1.807) is 13.3 Å². The first-order valence-electron chi connectivity index (χ1n) is 8.36. The second-order valence-electron chi connectivity index (χ2n) is 6.18. The molecule has 0 amide bonds. The molecule has 2 aromatic heterocycles. The van der Waals surface area contributed by atoms with E-state index < -0.39 is 0 Å². The van der Waals surface area contributed by atoms with Gasteiger partial charge in [0.2, 0.25) is 5.82 Å². The molecule has 136 valence electrons. The highest BCUT2D eigenvalue weighted by molar-refractivity contribution is 5.71. The minimum atomic E-state index is 0.427. The predicted molar refractivity (Wildman–Crippen MR) is 101 cm³/mol. The number of tetrazole rings is 1. The van der Waals surface area contributed by atoms with Crippen LogP contribution in [0.2, 0.25) is 0 Å². The van der Waals surface area contributed by atoms with Crippen molar-refractivity contribution in [1.82, 2.24) is 25.6 Å². The first kappa shape index (κ1) is 16.8. The molecule has 2 N–H and O–H groups in total. The van der Waals surface area contributed by atoms with Gasteiger partial charge in [0, 0.05) is 11.3 Å². The van der Waals surface area contributed by atoms with Gasteiger partial charge in [-0.15, -0.1) is 10.2 Å². The summed E-state index contributed by atoms with van der Waals surface area (Å²) in [4.78, 5) is 4.32. The van der Waals surface area contributed by atoms with Gasteiger partial charge in [0.05, 0.1) is 18.9 Å². The number of hydrogen-bond acceptors (Lipinski definition) is 7. The van der Waals surface area contributed by atoms with Crippen molar-refractivity contribution in [2.75, 3.05) is 12.4 Å². The van der Waals surface area contributed by atoms with Crippen molar-refractivity contribution < 1.29 is 9.15 Å². The summed E-state index contributed by atoms with van der Waals surface area (Å²) in [5, 5.41) is 17.2. The van der Waals surface area contributed by atoms with Crippen LogP contribution in [0.25, 0.3) is 22.7 Å². The third-order valence-corrected chi connectivity index (χ3v) is 4.05. The number of hydrogen-bond donors (Lipinski definition) is 2. The highest BCUT2D eigenvalue weighted by Crippen LogP contribution is 2.33. The van der Waals surface area contributed by atoms with Crippen LogP contribution in [-0.2, 0) is 0 Å². The maximum Gasteiger partial charge on any atom is 0.299 e. The van der Waals surface area contributed by atoms with E-state index in [4.69, 9.17) is 9.15 Å². The molecule has 0 bridgehead atoms. The Morgan fingerprint density at radius 1 is 1.07 bits per heavy atom. The fourth-order valence-corrected chi connectivity index (χ4v) is 2.94. The molecule has 0 fully saturated rings. The highest BCUT2D eigenvalue weighted by Gasteiger charge is 2.14. The van der Waals surface area contributed by atoms with Gasteiger partial charge in [-0.05, 0) is 54.5 Å². The molecule has 0 atom stereocenters. The number of nitrogens with one attached hydrogen (secondary N) is 2. The lowest BCUT2D eigenvalue weighted by Crippen LogP contribution is -1.91. The maximum atomic E-state index is 5.86. The van der Waals surface area contributed by atoms with Crippen LogP contribution in [0.1, 0.15) is 11.1 Å². The lowest BCUT2D eigenvalue weighted by molar-refractivity contribution is 0.416. The summed E-state index contributed by atoms with van der Waals surface area (Å²) < 4.78 is 11.3. The van der Waals surface area contributed by atoms with Crippen LogP contribution < -0.4 is 10.1 Å². The highest BCUT2D eigenvalue weighted by atomic mass is 16.5. The monoisotopic (exact) mass is 362 g/mol.